The number of halogens is 3. The molecule has 0 radical (unpaired) electrons. The molecule has 1 N–H and O–H groups in total. The van der Waals surface area contributed by atoms with Gasteiger partial charge in [-0.1, -0.05) is 53.0 Å². The number of esters is 1. The van der Waals surface area contributed by atoms with Gasteiger partial charge in [-0.3, -0.25) is 5.32 Å². The molecular formula is C12H12Cl3NO4. The third-order valence-electron chi connectivity index (χ3n) is 2.06. The predicted octanol–water partition coefficient (Wildman–Crippen LogP) is 3.29. The molecule has 0 fully saturated rings. The van der Waals surface area contributed by atoms with Crippen molar-refractivity contribution in [1.29, 1.82) is 0 Å². The van der Waals surface area contributed by atoms with Crippen LogP contribution in [-0.2, 0) is 9.47 Å². The predicted molar refractivity (Wildman–Crippen MR) is 76.1 cm³/mol. The largest absolute Gasteiger partial charge is 0.450 e. The molecule has 1 aromatic rings. The molecule has 0 saturated carbocycles. The topological polar surface area (TPSA) is 64.6 Å². The molecule has 0 bridgehead atoms. The third kappa shape index (κ3) is 5.45. The zero-order valence-electron chi connectivity index (χ0n) is 10.4. The third-order valence-corrected chi connectivity index (χ3v) is 2.65. The zero-order valence-corrected chi connectivity index (χ0v) is 12.7. The van der Waals surface area contributed by atoms with E-state index in [1.54, 1.807) is 25.1 Å². The number of benzene rings is 1. The number of nitrogens with one attached hydrogen (secondary N) is 1. The van der Waals surface area contributed by atoms with Gasteiger partial charge in [-0.2, -0.15) is 0 Å². The van der Waals surface area contributed by atoms with E-state index in [0.29, 0.717) is 0 Å². The van der Waals surface area contributed by atoms with Crippen LogP contribution in [0.25, 0.3) is 0 Å². The minimum absolute atomic E-state index is 0.130. The van der Waals surface area contributed by atoms with Crippen LogP contribution in [0.15, 0.2) is 30.3 Å². The molecule has 20 heavy (non-hydrogen) atoms. The summed E-state index contributed by atoms with van der Waals surface area (Å²) in [6, 6.07) is 8.10. The molecule has 0 aliphatic rings. The molecule has 110 valence electrons. The van der Waals surface area contributed by atoms with E-state index >= 15 is 0 Å². The van der Waals surface area contributed by atoms with Gasteiger partial charge in [-0.05, 0) is 19.1 Å². The highest BCUT2D eigenvalue weighted by atomic mass is 35.6. The van der Waals surface area contributed by atoms with Gasteiger partial charge in [-0.25, -0.2) is 9.59 Å². The van der Waals surface area contributed by atoms with E-state index in [2.05, 4.69) is 10.1 Å². The van der Waals surface area contributed by atoms with Crippen molar-refractivity contribution in [2.45, 2.75) is 16.9 Å². The van der Waals surface area contributed by atoms with Gasteiger partial charge in [0.15, 0.2) is 0 Å². The molecule has 0 saturated heterocycles. The molecule has 1 atom stereocenters. The van der Waals surface area contributed by atoms with Crippen LogP contribution in [0.3, 0.4) is 0 Å². The molecule has 0 spiro atoms. The van der Waals surface area contributed by atoms with E-state index < -0.39 is 22.1 Å². The molecule has 0 aliphatic heterocycles. The fourth-order valence-electron chi connectivity index (χ4n) is 1.21. The van der Waals surface area contributed by atoms with E-state index in [-0.39, 0.29) is 12.2 Å². The highest BCUT2D eigenvalue weighted by Crippen LogP contribution is 2.31. The van der Waals surface area contributed by atoms with Crippen LogP contribution in [-0.4, -0.2) is 28.7 Å². The molecule has 1 rings (SSSR count). The highest BCUT2D eigenvalue weighted by molar-refractivity contribution is 6.68. The van der Waals surface area contributed by atoms with Crippen molar-refractivity contribution in [3.05, 3.63) is 35.9 Å². The van der Waals surface area contributed by atoms with Crippen molar-refractivity contribution >= 4 is 46.9 Å². The van der Waals surface area contributed by atoms with E-state index in [4.69, 9.17) is 39.5 Å². The maximum Gasteiger partial charge on any atom is 0.410 e. The molecule has 8 heteroatoms. The summed E-state index contributed by atoms with van der Waals surface area (Å²) >= 11 is 17.0. The normalized spacial score (nSPS) is 12.4. The Morgan fingerprint density at radius 2 is 1.85 bits per heavy atom. The minimum Gasteiger partial charge on any atom is -0.450 e. The molecule has 5 nitrogen and oxygen atoms in total. The smallest absolute Gasteiger partial charge is 0.410 e. The number of hydrogen-bond donors (Lipinski definition) is 1. The summed E-state index contributed by atoms with van der Waals surface area (Å²) in [5.74, 6) is -0.737. The van der Waals surface area contributed by atoms with Crippen molar-refractivity contribution in [3.8, 4) is 0 Å². The number of carbonyl (C=O) groups is 2. The van der Waals surface area contributed by atoms with Crippen LogP contribution in [0.2, 0.25) is 0 Å². The average molecular weight is 341 g/mol. The molecular weight excluding hydrogens is 328 g/mol. The molecule has 0 unspecified atom stereocenters. The summed E-state index contributed by atoms with van der Waals surface area (Å²) in [4.78, 5) is 23.2. The molecule has 0 heterocycles. The molecule has 0 aliphatic carbocycles. The highest BCUT2D eigenvalue weighted by Gasteiger charge is 2.38. The van der Waals surface area contributed by atoms with Gasteiger partial charge >= 0.3 is 12.1 Å². The molecule has 1 amide bonds. The summed E-state index contributed by atoms with van der Waals surface area (Å²) in [6.07, 6.45) is -2.33. The van der Waals surface area contributed by atoms with Crippen molar-refractivity contribution in [2.75, 3.05) is 6.61 Å². The SMILES string of the molecule is CCOC(=O)N[C@@H](OC(=O)c1ccccc1)C(Cl)(Cl)Cl. The fourth-order valence-corrected chi connectivity index (χ4v) is 1.50. The van der Waals surface area contributed by atoms with E-state index in [1.165, 1.54) is 12.1 Å². The summed E-state index contributed by atoms with van der Waals surface area (Å²) in [6.45, 7) is 1.74. The quantitative estimate of drug-likeness (QED) is 0.519. The lowest BCUT2D eigenvalue weighted by molar-refractivity contribution is 0.0219. The first-order valence-electron chi connectivity index (χ1n) is 5.60. The van der Waals surface area contributed by atoms with Gasteiger partial charge in [0, 0.05) is 0 Å². The van der Waals surface area contributed by atoms with Gasteiger partial charge in [0.2, 0.25) is 10.0 Å². The second-order valence-electron chi connectivity index (χ2n) is 3.56. The van der Waals surface area contributed by atoms with Crippen LogP contribution < -0.4 is 5.32 Å². The Hall–Kier alpha value is -1.17. The summed E-state index contributed by atoms with van der Waals surface area (Å²) < 4.78 is 7.58. The van der Waals surface area contributed by atoms with Crippen LogP contribution >= 0.6 is 34.8 Å². The Morgan fingerprint density at radius 3 is 2.35 bits per heavy atom. The fraction of sp³-hybridized carbons (Fsp3) is 0.333. The summed E-state index contributed by atoms with van der Waals surface area (Å²) in [7, 11) is 0. The second kappa shape index (κ2) is 7.57. The molecule has 0 aromatic heterocycles. The minimum atomic E-state index is -2.03. The zero-order chi connectivity index (χ0) is 15.2. The lowest BCUT2D eigenvalue weighted by atomic mass is 10.2. The number of hydrogen-bond acceptors (Lipinski definition) is 4. The van der Waals surface area contributed by atoms with Crippen LogP contribution in [0.4, 0.5) is 4.79 Å². The Bertz CT molecular complexity index is 462. The number of alkyl carbamates (subject to hydrolysis) is 1. The molecule has 1 aromatic carbocycles. The first kappa shape index (κ1) is 16.9. The van der Waals surface area contributed by atoms with Crippen molar-refractivity contribution in [2.24, 2.45) is 0 Å². The Labute approximate surface area is 131 Å². The number of alkyl halides is 3. The average Bonchev–Trinajstić information content (AvgIpc) is 2.38. The maximum atomic E-state index is 11.9. The Kier molecular flexibility index (Phi) is 6.39. The van der Waals surface area contributed by atoms with Crippen molar-refractivity contribution < 1.29 is 19.1 Å². The van der Waals surface area contributed by atoms with E-state index in [9.17, 15) is 9.59 Å². The Morgan fingerprint density at radius 1 is 1.25 bits per heavy atom. The second-order valence-corrected chi connectivity index (χ2v) is 5.93. The van der Waals surface area contributed by atoms with Crippen LogP contribution in [0.1, 0.15) is 17.3 Å². The van der Waals surface area contributed by atoms with Crippen molar-refractivity contribution in [3.63, 3.8) is 0 Å². The van der Waals surface area contributed by atoms with E-state index in [0.717, 1.165) is 0 Å². The number of carbonyl (C=O) groups excluding carboxylic acids is 2. The lowest BCUT2D eigenvalue weighted by Gasteiger charge is -2.24. The van der Waals surface area contributed by atoms with Gasteiger partial charge < -0.3 is 9.47 Å². The number of amides is 1. The first-order valence-corrected chi connectivity index (χ1v) is 6.74. The van der Waals surface area contributed by atoms with Crippen LogP contribution in [0.5, 0.6) is 0 Å². The monoisotopic (exact) mass is 339 g/mol. The standard InChI is InChI=1S/C12H12Cl3NO4/c1-2-19-11(18)16-10(12(13,14)15)20-9(17)8-6-4-3-5-7-8/h3-7,10H,2H2,1H3,(H,16,18)/t10-/m0/s1. The van der Waals surface area contributed by atoms with Gasteiger partial charge in [-0.15, -0.1) is 0 Å². The van der Waals surface area contributed by atoms with Gasteiger partial charge in [0.1, 0.15) is 0 Å². The van der Waals surface area contributed by atoms with E-state index in [1.807, 2.05) is 0 Å². The first-order chi connectivity index (χ1) is 9.34. The number of ether oxygens (including phenoxy) is 2. The lowest BCUT2D eigenvalue weighted by Crippen LogP contribution is -2.47. The maximum absolute atomic E-state index is 11.9. The summed E-state index contributed by atoms with van der Waals surface area (Å²) in [5.41, 5.74) is 0.261. The summed E-state index contributed by atoms with van der Waals surface area (Å²) in [5, 5.41) is 2.16. The van der Waals surface area contributed by atoms with Gasteiger partial charge in [0.05, 0.1) is 12.2 Å². The van der Waals surface area contributed by atoms with Gasteiger partial charge in [0.25, 0.3) is 0 Å². The number of rotatable bonds is 4. The van der Waals surface area contributed by atoms with Crippen molar-refractivity contribution in [1.82, 2.24) is 5.32 Å². The van der Waals surface area contributed by atoms with Crippen LogP contribution in [0, 0.1) is 0 Å². The Balaban J connectivity index is 2.75.